The lowest BCUT2D eigenvalue weighted by atomic mass is 9.89. The molecule has 0 amide bonds. The van der Waals surface area contributed by atoms with Gasteiger partial charge in [-0.3, -0.25) is 0 Å². The van der Waals surface area contributed by atoms with Crippen LogP contribution in [0.15, 0.2) is 0 Å². The SMILES string of the molecule is CCCCCCCCCCCC[C@@]1(O)O[C@H](CO)[C@@H](O[C@@H]2O[C@H](CO)[C@H](O)[C@H](O)[C@H]2O)[C@H](O)[C@H]1O.CCCCCCCCCCCC[C@]1(O)O[C@H](CO)[C@@H](O[C@@H]2O[C@H](CO)[C@H](O)[C@H](O)[C@H]2O)[C@H](O)[C@H]1O.CCCCCCCCCC[C@]1(O)O[C@H](CO)[C@@H](O[C@@H]2O[C@H](CO)[C@H](O)[C@H](O)[C@H]2O)[C@H](O)[C@H]1O. The maximum Gasteiger partial charge on any atom is 0.195 e. The van der Waals surface area contributed by atoms with E-state index >= 15 is 0 Å². The van der Waals surface area contributed by atoms with Crippen molar-refractivity contribution in [1.82, 2.24) is 0 Å². The number of unbranched alkanes of at least 4 members (excludes halogenated alkanes) is 25. The van der Waals surface area contributed by atoms with Crippen molar-refractivity contribution in [3.05, 3.63) is 0 Å². The highest BCUT2D eigenvalue weighted by Crippen LogP contribution is 2.40. The summed E-state index contributed by atoms with van der Waals surface area (Å²) in [6.45, 7) is 2.51. The second kappa shape index (κ2) is 48.5. The minimum atomic E-state index is -2.10. The average Bonchev–Trinajstić information content (AvgIpc) is 0.780. The van der Waals surface area contributed by atoms with E-state index in [-0.39, 0.29) is 19.3 Å². The third-order valence-electron chi connectivity index (χ3n) is 20.7. The summed E-state index contributed by atoms with van der Waals surface area (Å²) < 4.78 is 49.0. The molecule has 103 heavy (non-hydrogen) atoms. The largest absolute Gasteiger partial charge is 0.394 e. The van der Waals surface area contributed by atoms with Crippen molar-refractivity contribution >= 4 is 0 Å². The molecule has 0 aromatic rings. The van der Waals surface area contributed by atoms with Crippen LogP contribution in [-0.4, -0.2) is 345 Å². The average molecular weight is 1500 g/mol. The van der Waals surface area contributed by atoms with Crippen molar-refractivity contribution in [1.29, 1.82) is 0 Å². The second-order valence-corrected chi connectivity index (χ2v) is 28.8. The Labute approximate surface area is 605 Å². The molecule has 0 saturated carbocycles. The van der Waals surface area contributed by atoms with E-state index in [1.165, 1.54) is 83.5 Å². The van der Waals surface area contributed by atoms with Crippen LogP contribution in [0.5, 0.6) is 0 Å². The van der Waals surface area contributed by atoms with E-state index in [9.17, 15) is 123 Å². The quantitative estimate of drug-likeness (QED) is 0.0272. The Balaban J connectivity index is 0.000000327. The summed E-state index contributed by atoms with van der Waals surface area (Å²) in [6, 6.07) is 0. The number of rotatable bonds is 43. The summed E-state index contributed by atoms with van der Waals surface area (Å²) in [7, 11) is 0. The molecule has 30 atom stereocenters. The molecule has 0 aromatic carbocycles. The van der Waals surface area contributed by atoms with Crippen LogP contribution in [0.25, 0.3) is 0 Å². The molecule has 0 spiro atoms. The number of hydrogen-bond acceptors (Lipinski definition) is 33. The van der Waals surface area contributed by atoms with Gasteiger partial charge in [0.2, 0.25) is 0 Å². The molecule has 0 radical (unpaired) electrons. The van der Waals surface area contributed by atoms with E-state index in [0.717, 1.165) is 77.0 Å². The standard InChI is InChI=1S/2C24H46O11.C22H42O11/c2*1-2-3-4-5-6-7-8-9-10-11-12-24(32)22(31)20(30)21(16(14-26)35-24)34-23-19(29)18(28)17(27)15(13-25)33-23;1-2-3-4-5-6-7-8-9-10-22(30)20(29)18(28)19(14(12-24)33-22)32-21-17(27)16(26)15(25)13(11-23)31-21/h2*15-23,25-32H,2-14H2,1H3;13-21,23-30H,2-12H2,1H3/t15-,16-,17+,18+,19-,20+,21-,22-,23+,24+;15-,16-,17+,18+,19-,20+,21-,22-,23+,24-;13-,14-,15+,16+,17-,18+,19-,20-,21+,22+/m111/s1. The molecular weight excluding hydrogens is 1370 g/mol. The lowest BCUT2D eigenvalue weighted by Crippen LogP contribution is -2.68. The van der Waals surface area contributed by atoms with E-state index in [2.05, 4.69) is 20.8 Å². The first-order valence-electron chi connectivity index (χ1n) is 38.1. The number of aliphatic hydroxyl groups is 24. The number of aliphatic hydroxyl groups excluding tert-OH is 21. The molecule has 6 fully saturated rings. The van der Waals surface area contributed by atoms with Crippen molar-refractivity contribution in [3.8, 4) is 0 Å². The molecule has 6 aliphatic heterocycles. The Morgan fingerprint density at radius 3 is 0.602 bits per heavy atom. The van der Waals surface area contributed by atoms with Gasteiger partial charge in [0.05, 0.1) is 39.6 Å². The molecule has 24 N–H and O–H groups in total. The van der Waals surface area contributed by atoms with Crippen molar-refractivity contribution < 1.29 is 165 Å². The second-order valence-electron chi connectivity index (χ2n) is 28.8. The topological polar surface area (TPSA) is 569 Å². The highest BCUT2D eigenvalue weighted by Gasteiger charge is 2.59. The van der Waals surface area contributed by atoms with Gasteiger partial charge in [-0.05, 0) is 19.3 Å². The van der Waals surface area contributed by atoms with Gasteiger partial charge in [0.25, 0.3) is 0 Å². The predicted octanol–water partition coefficient (Wildman–Crippen LogP) is -2.93. The van der Waals surface area contributed by atoms with E-state index in [4.69, 9.17) is 42.6 Å². The van der Waals surface area contributed by atoms with Crippen LogP contribution >= 0.6 is 0 Å². The Morgan fingerprint density at radius 2 is 0.417 bits per heavy atom. The van der Waals surface area contributed by atoms with Crippen LogP contribution in [0.3, 0.4) is 0 Å². The smallest absolute Gasteiger partial charge is 0.195 e. The first-order valence-corrected chi connectivity index (χ1v) is 38.1. The normalized spacial score (nSPS) is 40.7. The fourth-order valence-electron chi connectivity index (χ4n) is 14.0. The number of hydrogen-bond donors (Lipinski definition) is 24. The predicted molar refractivity (Wildman–Crippen MR) is 363 cm³/mol. The van der Waals surface area contributed by atoms with Crippen LogP contribution in [0.2, 0.25) is 0 Å². The first-order chi connectivity index (χ1) is 49.1. The maximum atomic E-state index is 10.9. The zero-order valence-corrected chi connectivity index (χ0v) is 60.7. The molecule has 6 heterocycles. The third-order valence-corrected chi connectivity index (χ3v) is 20.7. The van der Waals surface area contributed by atoms with Crippen LogP contribution < -0.4 is 0 Å². The van der Waals surface area contributed by atoms with Gasteiger partial charge < -0.3 is 165 Å². The summed E-state index contributed by atoms with van der Waals surface area (Å²) in [5, 5.41) is 244. The molecule has 33 heteroatoms. The fraction of sp³-hybridized carbons (Fsp3) is 1.00. The molecule has 0 aliphatic carbocycles. The highest BCUT2D eigenvalue weighted by molar-refractivity contribution is 5.02. The van der Waals surface area contributed by atoms with Gasteiger partial charge in [-0.25, -0.2) is 0 Å². The van der Waals surface area contributed by atoms with Gasteiger partial charge in [-0.2, -0.15) is 0 Å². The van der Waals surface area contributed by atoms with Gasteiger partial charge in [-0.1, -0.05) is 181 Å². The Hall–Kier alpha value is -1.32. The van der Waals surface area contributed by atoms with Gasteiger partial charge in [-0.15, -0.1) is 0 Å². The molecule has 33 nitrogen and oxygen atoms in total. The minimum Gasteiger partial charge on any atom is -0.394 e. The highest BCUT2D eigenvalue weighted by atomic mass is 16.8. The molecule has 612 valence electrons. The van der Waals surface area contributed by atoms with Crippen LogP contribution in [0, 0.1) is 0 Å². The van der Waals surface area contributed by atoms with Crippen LogP contribution in [-0.2, 0) is 42.6 Å². The van der Waals surface area contributed by atoms with Gasteiger partial charge in [0.1, 0.15) is 146 Å². The number of ether oxygens (including phenoxy) is 9. The van der Waals surface area contributed by atoms with E-state index < -0.39 is 222 Å². The fourth-order valence-corrected chi connectivity index (χ4v) is 14.0. The summed E-state index contributed by atoms with van der Waals surface area (Å²) in [6.07, 6.45) is -12.1. The van der Waals surface area contributed by atoms with E-state index in [1.54, 1.807) is 0 Å². The zero-order chi connectivity index (χ0) is 76.6. The minimum absolute atomic E-state index is 0.0451. The van der Waals surface area contributed by atoms with Gasteiger partial charge in [0.15, 0.2) is 36.2 Å². The first kappa shape index (κ1) is 94.1. The van der Waals surface area contributed by atoms with E-state index in [0.29, 0.717) is 19.3 Å². The Morgan fingerprint density at radius 1 is 0.233 bits per heavy atom. The molecule has 6 aliphatic rings. The summed E-state index contributed by atoms with van der Waals surface area (Å²) >= 11 is 0. The van der Waals surface area contributed by atoms with Crippen molar-refractivity contribution in [2.24, 2.45) is 0 Å². The lowest BCUT2D eigenvalue weighted by Gasteiger charge is -2.49. The Bertz CT molecular complexity index is 2070. The van der Waals surface area contributed by atoms with Crippen LogP contribution in [0.1, 0.15) is 220 Å². The maximum absolute atomic E-state index is 10.9. The van der Waals surface area contributed by atoms with Crippen molar-refractivity contribution in [2.75, 3.05) is 39.6 Å². The molecule has 6 rings (SSSR count). The zero-order valence-electron chi connectivity index (χ0n) is 60.7. The van der Waals surface area contributed by atoms with Crippen LogP contribution in [0.4, 0.5) is 0 Å². The van der Waals surface area contributed by atoms with E-state index in [1.807, 2.05) is 0 Å². The Kier molecular flexibility index (Phi) is 44.3. The molecule has 6 saturated heterocycles. The lowest BCUT2D eigenvalue weighted by molar-refractivity contribution is -0.384. The molecular formula is C70H134O33. The third kappa shape index (κ3) is 27.5. The monoisotopic (exact) mass is 1500 g/mol. The molecule has 0 aromatic heterocycles. The summed E-state index contributed by atoms with van der Waals surface area (Å²) in [4.78, 5) is 0. The van der Waals surface area contributed by atoms with Crippen molar-refractivity contribution in [3.63, 3.8) is 0 Å². The summed E-state index contributed by atoms with van der Waals surface area (Å²) in [5.41, 5.74) is 0. The molecule has 0 unspecified atom stereocenters. The summed E-state index contributed by atoms with van der Waals surface area (Å²) in [5.74, 6) is -6.28. The molecule has 0 bridgehead atoms. The van der Waals surface area contributed by atoms with Gasteiger partial charge >= 0.3 is 0 Å². The van der Waals surface area contributed by atoms with Gasteiger partial charge in [0, 0.05) is 19.3 Å². The van der Waals surface area contributed by atoms with Crippen molar-refractivity contribution in [2.45, 2.75) is 403 Å².